The molecule has 0 aromatic rings. The summed E-state index contributed by atoms with van der Waals surface area (Å²) < 4.78 is 16.7. The third-order valence-corrected chi connectivity index (χ3v) is 11.9. The van der Waals surface area contributed by atoms with Gasteiger partial charge in [-0.25, -0.2) is 0 Å². The van der Waals surface area contributed by atoms with Crippen LogP contribution >= 0.6 is 0 Å². The van der Waals surface area contributed by atoms with Gasteiger partial charge in [0.25, 0.3) is 0 Å². The molecule has 0 spiro atoms. The van der Waals surface area contributed by atoms with Gasteiger partial charge in [0.2, 0.25) is 0 Å². The SMILES string of the molecule is CC/C=C\C/C=C\C/C=C\C/C=C\C/C=C\C/C=C\C/C=C\CCCCCC(=O)OCC(COC(=O)CCCCCCC)OC(=O)CCCCCCCCCCCCCCCCCCCCC. The van der Waals surface area contributed by atoms with Gasteiger partial charge in [0.05, 0.1) is 0 Å². The summed E-state index contributed by atoms with van der Waals surface area (Å²) in [6.45, 7) is 6.43. The number of ether oxygens (including phenoxy) is 3. The molecule has 384 valence electrons. The molecule has 0 bridgehead atoms. The zero-order valence-electron chi connectivity index (χ0n) is 43.9. The van der Waals surface area contributed by atoms with Crippen LogP contribution in [0.2, 0.25) is 0 Å². The second kappa shape index (κ2) is 55.2. The summed E-state index contributed by atoms with van der Waals surface area (Å²) in [4.78, 5) is 37.8. The highest BCUT2D eigenvalue weighted by Crippen LogP contribution is 2.16. The van der Waals surface area contributed by atoms with Crippen LogP contribution in [0.3, 0.4) is 0 Å². The van der Waals surface area contributed by atoms with Gasteiger partial charge in [0.15, 0.2) is 6.10 Å². The molecule has 0 heterocycles. The molecule has 0 aliphatic rings. The van der Waals surface area contributed by atoms with Gasteiger partial charge in [-0.15, -0.1) is 0 Å². The van der Waals surface area contributed by atoms with E-state index in [1.54, 1.807) is 0 Å². The van der Waals surface area contributed by atoms with Crippen molar-refractivity contribution in [1.82, 2.24) is 0 Å². The van der Waals surface area contributed by atoms with Gasteiger partial charge in [-0.2, -0.15) is 0 Å². The molecular weight excluding hydrogens is 829 g/mol. The maximum absolute atomic E-state index is 12.8. The van der Waals surface area contributed by atoms with Crippen molar-refractivity contribution in [2.24, 2.45) is 0 Å². The smallest absolute Gasteiger partial charge is 0.306 e. The van der Waals surface area contributed by atoms with Crippen molar-refractivity contribution < 1.29 is 28.6 Å². The Balaban J connectivity index is 4.19. The second-order valence-electron chi connectivity index (χ2n) is 18.5. The fourth-order valence-corrected chi connectivity index (χ4v) is 7.72. The summed E-state index contributed by atoms with van der Waals surface area (Å²) >= 11 is 0. The van der Waals surface area contributed by atoms with Gasteiger partial charge in [-0.1, -0.05) is 254 Å². The molecule has 0 aliphatic heterocycles. The molecular formula is C61H104O6. The van der Waals surface area contributed by atoms with Crippen LogP contribution < -0.4 is 0 Å². The minimum Gasteiger partial charge on any atom is -0.462 e. The van der Waals surface area contributed by atoms with Crippen molar-refractivity contribution in [3.05, 3.63) is 85.1 Å². The van der Waals surface area contributed by atoms with Gasteiger partial charge >= 0.3 is 17.9 Å². The minimum atomic E-state index is -0.785. The number of allylic oxidation sites excluding steroid dienone is 14. The number of carbonyl (C=O) groups is 3. The summed E-state index contributed by atoms with van der Waals surface area (Å²) in [6.07, 6.45) is 71.9. The number of hydrogen-bond donors (Lipinski definition) is 0. The maximum atomic E-state index is 12.8. The second-order valence-corrected chi connectivity index (χ2v) is 18.5. The van der Waals surface area contributed by atoms with E-state index < -0.39 is 6.10 Å². The molecule has 0 aromatic carbocycles. The van der Waals surface area contributed by atoms with Crippen LogP contribution in [0, 0.1) is 0 Å². The molecule has 0 fully saturated rings. The van der Waals surface area contributed by atoms with Crippen LogP contribution in [0.15, 0.2) is 85.1 Å². The van der Waals surface area contributed by atoms with Gasteiger partial charge < -0.3 is 14.2 Å². The summed E-state index contributed by atoms with van der Waals surface area (Å²) in [5, 5.41) is 0. The third-order valence-electron chi connectivity index (χ3n) is 11.9. The van der Waals surface area contributed by atoms with Gasteiger partial charge in [-0.3, -0.25) is 14.4 Å². The van der Waals surface area contributed by atoms with Crippen LogP contribution in [0.5, 0.6) is 0 Å². The highest BCUT2D eigenvalue weighted by Gasteiger charge is 2.19. The van der Waals surface area contributed by atoms with Crippen molar-refractivity contribution in [2.45, 2.75) is 271 Å². The van der Waals surface area contributed by atoms with E-state index in [4.69, 9.17) is 14.2 Å². The van der Waals surface area contributed by atoms with E-state index in [2.05, 4.69) is 106 Å². The highest BCUT2D eigenvalue weighted by molar-refractivity contribution is 5.71. The van der Waals surface area contributed by atoms with Crippen molar-refractivity contribution in [1.29, 1.82) is 0 Å². The van der Waals surface area contributed by atoms with E-state index in [9.17, 15) is 14.4 Å². The Morgan fingerprint density at radius 1 is 0.313 bits per heavy atom. The molecule has 6 heteroatoms. The van der Waals surface area contributed by atoms with Crippen LogP contribution in [0.4, 0.5) is 0 Å². The Labute approximate surface area is 414 Å². The summed E-state index contributed by atoms with van der Waals surface area (Å²) in [5.74, 6) is -0.929. The lowest BCUT2D eigenvalue weighted by atomic mass is 10.0. The van der Waals surface area contributed by atoms with E-state index in [1.807, 2.05) is 0 Å². The standard InChI is InChI=1S/C61H104O6/c1-4-7-10-13-15-17-19-21-23-25-27-28-29-30-31-32-34-35-37-39-41-43-45-48-51-54-60(63)66-57-58(56-65-59(62)53-50-47-12-9-6-3)67-61(64)55-52-49-46-44-42-40-38-36-33-26-24-22-20-18-16-14-11-8-5-2/h7,10,15,17,21,23,27-28,30-31,34-35,39,41,58H,4-6,8-9,11-14,16,18-20,22,24-26,29,32-33,36-38,40,42-57H2,1-3H3/b10-7-,17-15-,23-21-,28-27-,31-30-,35-34-,41-39-. The number of unbranched alkanes of at least 4 members (excludes halogenated alkanes) is 25. The Hall–Kier alpha value is -3.41. The van der Waals surface area contributed by atoms with Crippen molar-refractivity contribution in [3.63, 3.8) is 0 Å². The average Bonchev–Trinajstić information content (AvgIpc) is 3.33. The molecule has 67 heavy (non-hydrogen) atoms. The first-order valence-electron chi connectivity index (χ1n) is 28.1. The topological polar surface area (TPSA) is 78.9 Å². The largest absolute Gasteiger partial charge is 0.462 e. The first kappa shape index (κ1) is 63.6. The molecule has 1 unspecified atom stereocenters. The quantitative estimate of drug-likeness (QED) is 0.0262. The van der Waals surface area contributed by atoms with Gasteiger partial charge in [-0.05, 0) is 77.0 Å². The predicted molar refractivity (Wildman–Crippen MR) is 288 cm³/mol. The van der Waals surface area contributed by atoms with E-state index in [0.29, 0.717) is 19.3 Å². The first-order valence-corrected chi connectivity index (χ1v) is 28.1. The molecule has 0 rings (SSSR count). The van der Waals surface area contributed by atoms with Crippen LogP contribution in [0.25, 0.3) is 0 Å². The molecule has 0 radical (unpaired) electrons. The lowest BCUT2D eigenvalue weighted by Gasteiger charge is -2.18. The third kappa shape index (κ3) is 53.4. The molecule has 0 amide bonds. The predicted octanol–water partition coefficient (Wildman–Crippen LogP) is 18.8. The Morgan fingerprint density at radius 3 is 0.910 bits per heavy atom. The molecule has 0 aliphatic carbocycles. The van der Waals surface area contributed by atoms with E-state index >= 15 is 0 Å². The van der Waals surface area contributed by atoms with E-state index in [0.717, 1.165) is 116 Å². The van der Waals surface area contributed by atoms with Gasteiger partial charge in [0.1, 0.15) is 13.2 Å². The normalized spacial score (nSPS) is 12.7. The van der Waals surface area contributed by atoms with Crippen LogP contribution in [-0.4, -0.2) is 37.2 Å². The molecule has 1 atom stereocenters. The zero-order chi connectivity index (χ0) is 48.6. The summed E-state index contributed by atoms with van der Waals surface area (Å²) in [6, 6.07) is 0. The lowest BCUT2D eigenvalue weighted by molar-refractivity contribution is -0.167. The Morgan fingerprint density at radius 2 is 0.582 bits per heavy atom. The van der Waals surface area contributed by atoms with Gasteiger partial charge in [0, 0.05) is 19.3 Å². The number of carbonyl (C=O) groups excluding carboxylic acids is 3. The Bertz CT molecular complexity index is 1300. The fourth-order valence-electron chi connectivity index (χ4n) is 7.72. The summed E-state index contributed by atoms with van der Waals surface area (Å²) in [5.41, 5.74) is 0. The van der Waals surface area contributed by atoms with E-state index in [1.165, 1.54) is 109 Å². The number of hydrogen-bond acceptors (Lipinski definition) is 6. The zero-order valence-corrected chi connectivity index (χ0v) is 43.9. The maximum Gasteiger partial charge on any atom is 0.306 e. The lowest BCUT2D eigenvalue weighted by Crippen LogP contribution is -2.30. The monoisotopic (exact) mass is 933 g/mol. The summed E-state index contributed by atoms with van der Waals surface area (Å²) in [7, 11) is 0. The van der Waals surface area contributed by atoms with Crippen LogP contribution in [-0.2, 0) is 28.6 Å². The first-order chi connectivity index (χ1) is 33.0. The van der Waals surface area contributed by atoms with Crippen LogP contribution in [0.1, 0.15) is 265 Å². The Kier molecular flexibility index (Phi) is 52.4. The number of rotatable bonds is 50. The van der Waals surface area contributed by atoms with E-state index in [-0.39, 0.29) is 31.1 Å². The minimum absolute atomic E-state index is 0.0864. The molecule has 6 nitrogen and oxygen atoms in total. The van der Waals surface area contributed by atoms with Crippen molar-refractivity contribution >= 4 is 17.9 Å². The molecule has 0 aromatic heterocycles. The highest BCUT2D eigenvalue weighted by atomic mass is 16.6. The fraction of sp³-hybridized carbons (Fsp3) is 0.721. The van der Waals surface area contributed by atoms with Crippen molar-refractivity contribution in [3.8, 4) is 0 Å². The average molecular weight is 933 g/mol. The van der Waals surface area contributed by atoms with Crippen molar-refractivity contribution in [2.75, 3.05) is 13.2 Å². The number of esters is 3. The molecule has 0 saturated carbocycles. The molecule has 0 N–H and O–H groups in total. The molecule has 0 saturated heterocycles.